The second-order valence-corrected chi connectivity index (χ2v) is 5.13. The highest BCUT2D eigenvalue weighted by atomic mass is 16.4. The van der Waals surface area contributed by atoms with Crippen molar-refractivity contribution in [2.75, 3.05) is 40.3 Å². The average Bonchev–Trinajstić information content (AvgIpc) is 2.30. The predicted octanol–water partition coefficient (Wildman–Crippen LogP) is -0.347. The maximum atomic E-state index is 11.9. The fourth-order valence-corrected chi connectivity index (χ4v) is 1.53. The molecule has 2 N–H and O–H groups in total. The SMILES string of the molecule is CN1CCN(NC(=O)N(C)C(C)(C)C(=O)O)CC1. The van der Waals surface area contributed by atoms with Crippen LogP contribution in [-0.2, 0) is 4.79 Å². The van der Waals surface area contributed by atoms with Crippen molar-refractivity contribution in [2.45, 2.75) is 19.4 Å². The van der Waals surface area contributed by atoms with Gasteiger partial charge in [-0.15, -0.1) is 0 Å². The van der Waals surface area contributed by atoms with E-state index in [1.165, 1.54) is 25.8 Å². The Bertz CT molecular complexity index is 324. The number of urea groups is 1. The van der Waals surface area contributed by atoms with Gasteiger partial charge in [-0.25, -0.2) is 14.6 Å². The van der Waals surface area contributed by atoms with Gasteiger partial charge in [-0.05, 0) is 20.9 Å². The van der Waals surface area contributed by atoms with E-state index in [9.17, 15) is 9.59 Å². The van der Waals surface area contributed by atoms with Gasteiger partial charge in [0, 0.05) is 33.2 Å². The Morgan fingerprint density at radius 3 is 2.17 bits per heavy atom. The molecule has 7 nitrogen and oxygen atoms in total. The smallest absolute Gasteiger partial charge is 0.332 e. The van der Waals surface area contributed by atoms with Gasteiger partial charge in [0.25, 0.3) is 0 Å². The van der Waals surface area contributed by atoms with E-state index in [1.807, 2.05) is 12.1 Å². The molecule has 1 rings (SSSR count). The van der Waals surface area contributed by atoms with Crippen LogP contribution in [0.4, 0.5) is 4.79 Å². The standard InChI is InChI=1S/C11H22N4O3/c1-11(2,9(16)17)14(4)10(18)12-15-7-5-13(3)6-8-15/h5-8H2,1-4H3,(H,12,18)(H,16,17). The van der Waals surface area contributed by atoms with Crippen LogP contribution in [0.2, 0.25) is 0 Å². The monoisotopic (exact) mass is 258 g/mol. The molecule has 2 amide bonds. The molecule has 0 atom stereocenters. The summed E-state index contributed by atoms with van der Waals surface area (Å²) < 4.78 is 0. The van der Waals surface area contributed by atoms with Crippen LogP contribution in [0.25, 0.3) is 0 Å². The Morgan fingerprint density at radius 1 is 1.22 bits per heavy atom. The molecule has 0 spiro atoms. The van der Waals surface area contributed by atoms with Gasteiger partial charge in [-0.3, -0.25) is 5.43 Å². The highest BCUT2D eigenvalue weighted by Gasteiger charge is 2.35. The Kier molecular flexibility index (Phi) is 4.53. The second kappa shape index (κ2) is 5.53. The number of nitrogens with one attached hydrogen (secondary N) is 1. The van der Waals surface area contributed by atoms with E-state index in [-0.39, 0.29) is 0 Å². The fourth-order valence-electron chi connectivity index (χ4n) is 1.53. The molecule has 0 aromatic heterocycles. The first-order valence-electron chi connectivity index (χ1n) is 5.96. The first-order chi connectivity index (χ1) is 8.25. The van der Waals surface area contributed by atoms with Crippen LogP contribution in [0.15, 0.2) is 0 Å². The molecule has 1 aliphatic rings. The predicted molar refractivity (Wildman–Crippen MR) is 67.1 cm³/mol. The lowest BCUT2D eigenvalue weighted by atomic mass is 10.1. The molecule has 0 aliphatic carbocycles. The number of likely N-dealkylation sites (N-methyl/N-ethyl adjacent to an activating group) is 2. The van der Waals surface area contributed by atoms with Gasteiger partial charge in [0.1, 0.15) is 5.54 Å². The zero-order valence-electron chi connectivity index (χ0n) is 11.4. The van der Waals surface area contributed by atoms with Gasteiger partial charge >= 0.3 is 12.0 Å². The summed E-state index contributed by atoms with van der Waals surface area (Å²) in [6, 6.07) is -0.396. The van der Waals surface area contributed by atoms with E-state index >= 15 is 0 Å². The van der Waals surface area contributed by atoms with Crippen molar-refractivity contribution in [2.24, 2.45) is 0 Å². The summed E-state index contributed by atoms with van der Waals surface area (Å²) in [7, 11) is 3.51. The number of hydrogen-bond acceptors (Lipinski definition) is 4. The molecule has 104 valence electrons. The van der Waals surface area contributed by atoms with Gasteiger partial charge in [0.2, 0.25) is 0 Å². The number of hydrazine groups is 1. The maximum absolute atomic E-state index is 11.9. The number of carboxylic acid groups (broad SMARTS) is 1. The number of amides is 2. The molecule has 0 saturated carbocycles. The molecule has 1 saturated heterocycles. The minimum atomic E-state index is -1.23. The van der Waals surface area contributed by atoms with Gasteiger partial charge in [0.05, 0.1) is 0 Å². The molecular formula is C11H22N4O3. The highest BCUT2D eigenvalue weighted by molar-refractivity contribution is 5.85. The number of piperazine rings is 1. The maximum Gasteiger partial charge on any atom is 0.332 e. The summed E-state index contributed by atoms with van der Waals surface area (Å²) >= 11 is 0. The molecule has 0 radical (unpaired) electrons. The summed E-state index contributed by atoms with van der Waals surface area (Å²) in [4.78, 5) is 26.4. The third-order valence-corrected chi connectivity index (χ3v) is 3.42. The van der Waals surface area contributed by atoms with Crippen molar-refractivity contribution in [3.05, 3.63) is 0 Å². The largest absolute Gasteiger partial charge is 0.480 e. The van der Waals surface area contributed by atoms with Crippen LogP contribution >= 0.6 is 0 Å². The molecule has 0 bridgehead atoms. The van der Waals surface area contributed by atoms with E-state index in [4.69, 9.17) is 5.11 Å². The van der Waals surface area contributed by atoms with E-state index in [2.05, 4.69) is 10.3 Å². The summed E-state index contributed by atoms with van der Waals surface area (Å²) in [5.41, 5.74) is 1.50. The lowest BCUT2D eigenvalue weighted by molar-refractivity contribution is -0.147. The molecule has 1 heterocycles. The quantitative estimate of drug-likeness (QED) is 0.724. The zero-order chi connectivity index (χ0) is 13.9. The van der Waals surface area contributed by atoms with Crippen molar-refractivity contribution >= 4 is 12.0 Å². The lowest BCUT2D eigenvalue weighted by Gasteiger charge is -2.36. The number of carbonyl (C=O) groups is 2. The second-order valence-electron chi connectivity index (χ2n) is 5.13. The molecule has 1 aliphatic heterocycles. The minimum Gasteiger partial charge on any atom is -0.480 e. The number of hydrogen-bond donors (Lipinski definition) is 2. The molecule has 7 heteroatoms. The van der Waals surface area contributed by atoms with Gasteiger partial charge in [-0.1, -0.05) is 0 Å². The number of nitrogens with zero attached hydrogens (tertiary/aromatic N) is 3. The van der Waals surface area contributed by atoms with E-state index in [0.29, 0.717) is 0 Å². The molecule has 18 heavy (non-hydrogen) atoms. The van der Waals surface area contributed by atoms with Crippen LogP contribution in [0, 0.1) is 0 Å². The van der Waals surface area contributed by atoms with Crippen molar-refractivity contribution in [1.82, 2.24) is 20.2 Å². The number of aliphatic carboxylic acids is 1. The van der Waals surface area contributed by atoms with E-state index < -0.39 is 17.5 Å². The van der Waals surface area contributed by atoms with Crippen LogP contribution in [-0.4, -0.2) is 77.7 Å². The number of carboxylic acids is 1. The third kappa shape index (κ3) is 3.33. The molecule has 0 aromatic rings. The van der Waals surface area contributed by atoms with E-state index in [1.54, 1.807) is 0 Å². The highest BCUT2D eigenvalue weighted by Crippen LogP contribution is 2.12. The first-order valence-corrected chi connectivity index (χ1v) is 5.96. The Hall–Kier alpha value is -1.34. The van der Waals surface area contributed by atoms with Crippen LogP contribution < -0.4 is 5.43 Å². The van der Waals surface area contributed by atoms with Crippen molar-refractivity contribution < 1.29 is 14.7 Å². The Labute approximate surface area is 107 Å². The topological polar surface area (TPSA) is 76.1 Å². The summed E-state index contributed by atoms with van der Waals surface area (Å²) in [6.45, 7) is 6.24. The van der Waals surface area contributed by atoms with Crippen molar-refractivity contribution in [3.8, 4) is 0 Å². The normalized spacial score (nSPS) is 18.4. The molecule has 0 aromatic carbocycles. The molecule has 1 fully saturated rings. The third-order valence-electron chi connectivity index (χ3n) is 3.42. The first kappa shape index (κ1) is 14.7. The fraction of sp³-hybridized carbons (Fsp3) is 0.818. The molecule has 0 unspecified atom stereocenters. The lowest BCUT2D eigenvalue weighted by Crippen LogP contribution is -2.59. The van der Waals surface area contributed by atoms with E-state index in [0.717, 1.165) is 26.2 Å². The summed E-state index contributed by atoms with van der Waals surface area (Å²) in [5.74, 6) is -1.03. The average molecular weight is 258 g/mol. The van der Waals surface area contributed by atoms with Crippen molar-refractivity contribution in [3.63, 3.8) is 0 Å². The Balaban J connectivity index is 2.52. The van der Waals surface area contributed by atoms with Gasteiger partial charge in [0.15, 0.2) is 0 Å². The minimum absolute atomic E-state index is 0.396. The summed E-state index contributed by atoms with van der Waals surface area (Å²) in [5, 5.41) is 10.9. The van der Waals surface area contributed by atoms with Crippen LogP contribution in [0.1, 0.15) is 13.8 Å². The van der Waals surface area contributed by atoms with Gasteiger partial charge in [-0.2, -0.15) is 0 Å². The number of rotatable bonds is 3. The van der Waals surface area contributed by atoms with Crippen LogP contribution in [0.5, 0.6) is 0 Å². The van der Waals surface area contributed by atoms with Crippen LogP contribution in [0.3, 0.4) is 0 Å². The zero-order valence-corrected chi connectivity index (χ0v) is 11.4. The Morgan fingerprint density at radius 2 is 1.72 bits per heavy atom. The van der Waals surface area contributed by atoms with Gasteiger partial charge < -0.3 is 14.9 Å². The number of carbonyl (C=O) groups excluding carboxylic acids is 1. The summed E-state index contributed by atoms with van der Waals surface area (Å²) in [6.07, 6.45) is 0. The van der Waals surface area contributed by atoms with Crippen molar-refractivity contribution in [1.29, 1.82) is 0 Å². The molecular weight excluding hydrogens is 236 g/mol.